The summed E-state index contributed by atoms with van der Waals surface area (Å²) in [6.07, 6.45) is 0. The number of esters is 1. The fourth-order valence-corrected chi connectivity index (χ4v) is 0.964. The van der Waals surface area contributed by atoms with Crippen LogP contribution in [0.5, 0.6) is 0 Å². The van der Waals surface area contributed by atoms with Crippen LogP contribution in [0.25, 0.3) is 0 Å². The first-order valence-corrected chi connectivity index (χ1v) is 4.72. The van der Waals surface area contributed by atoms with E-state index in [0.29, 0.717) is 5.56 Å². The Labute approximate surface area is 89.0 Å². The summed E-state index contributed by atoms with van der Waals surface area (Å²) in [5, 5.41) is 8.00. The van der Waals surface area contributed by atoms with Gasteiger partial charge < -0.3 is 4.74 Å². The molecule has 1 rings (SSSR count). The number of carbonyl (C=O) groups excluding carboxylic acids is 1. The van der Waals surface area contributed by atoms with Gasteiger partial charge in [-0.05, 0) is 38.1 Å². The first-order valence-electron chi connectivity index (χ1n) is 4.72. The zero-order chi connectivity index (χ0) is 11.3. The Morgan fingerprint density at radius 2 is 1.87 bits per heavy atom. The van der Waals surface area contributed by atoms with Crippen molar-refractivity contribution in [3.63, 3.8) is 0 Å². The second kappa shape index (κ2) is 5.24. The maximum atomic E-state index is 11.1. The van der Waals surface area contributed by atoms with Crippen molar-refractivity contribution >= 4 is 11.7 Å². The average Bonchev–Trinajstić information content (AvgIpc) is 2.26. The smallest absolute Gasteiger partial charge is 0.337 e. The fourth-order valence-electron chi connectivity index (χ4n) is 0.964. The Balaban J connectivity index is 2.77. The Morgan fingerprint density at radius 1 is 1.27 bits per heavy atom. The maximum absolute atomic E-state index is 11.1. The van der Waals surface area contributed by atoms with Crippen molar-refractivity contribution in [3.8, 4) is 0 Å². The number of hydrogen-bond acceptors (Lipinski definition) is 4. The summed E-state index contributed by atoms with van der Waals surface area (Å²) >= 11 is 0. The molecule has 0 saturated heterocycles. The van der Waals surface area contributed by atoms with Gasteiger partial charge in [0.25, 0.3) is 0 Å². The van der Waals surface area contributed by atoms with E-state index >= 15 is 0 Å². The SMILES string of the molecule is COC(=O)c1ccc(N=NC(C)C)cc1. The minimum atomic E-state index is -0.345. The van der Waals surface area contributed by atoms with Crippen LogP contribution in [0, 0.1) is 0 Å². The summed E-state index contributed by atoms with van der Waals surface area (Å²) < 4.78 is 4.58. The van der Waals surface area contributed by atoms with E-state index in [0.717, 1.165) is 5.69 Å². The molecule has 0 spiro atoms. The number of carbonyl (C=O) groups is 1. The maximum Gasteiger partial charge on any atom is 0.337 e. The van der Waals surface area contributed by atoms with Crippen LogP contribution in [0.15, 0.2) is 34.5 Å². The van der Waals surface area contributed by atoms with Crippen LogP contribution >= 0.6 is 0 Å². The van der Waals surface area contributed by atoms with Crippen molar-refractivity contribution in [1.82, 2.24) is 0 Å². The minimum absolute atomic E-state index is 0.172. The highest BCUT2D eigenvalue weighted by molar-refractivity contribution is 5.89. The molecule has 0 heterocycles. The Kier molecular flexibility index (Phi) is 3.97. The first-order chi connectivity index (χ1) is 7.13. The molecule has 0 aliphatic rings. The largest absolute Gasteiger partial charge is 0.465 e. The van der Waals surface area contributed by atoms with Gasteiger partial charge >= 0.3 is 5.97 Å². The topological polar surface area (TPSA) is 51.0 Å². The molecule has 15 heavy (non-hydrogen) atoms. The highest BCUT2D eigenvalue weighted by Gasteiger charge is 2.03. The van der Waals surface area contributed by atoms with Crippen molar-refractivity contribution < 1.29 is 9.53 Å². The van der Waals surface area contributed by atoms with E-state index in [4.69, 9.17) is 0 Å². The second-order valence-corrected chi connectivity index (χ2v) is 3.35. The molecule has 80 valence electrons. The Hall–Kier alpha value is -1.71. The Bertz CT molecular complexity index is 355. The monoisotopic (exact) mass is 206 g/mol. The highest BCUT2D eigenvalue weighted by Crippen LogP contribution is 2.14. The molecule has 4 heteroatoms. The van der Waals surface area contributed by atoms with E-state index < -0.39 is 0 Å². The highest BCUT2D eigenvalue weighted by atomic mass is 16.5. The molecule has 0 fully saturated rings. The number of hydrogen-bond donors (Lipinski definition) is 0. The molecule has 0 unspecified atom stereocenters. The van der Waals surface area contributed by atoms with E-state index in [1.807, 2.05) is 13.8 Å². The molecule has 0 radical (unpaired) electrons. The van der Waals surface area contributed by atoms with Crippen LogP contribution in [-0.4, -0.2) is 19.1 Å². The zero-order valence-electron chi connectivity index (χ0n) is 9.10. The van der Waals surface area contributed by atoms with Crippen LogP contribution in [0.3, 0.4) is 0 Å². The summed E-state index contributed by atoms with van der Waals surface area (Å²) in [6.45, 7) is 3.90. The normalized spacial score (nSPS) is 10.9. The summed E-state index contributed by atoms with van der Waals surface area (Å²) in [5.41, 5.74) is 1.25. The van der Waals surface area contributed by atoms with Gasteiger partial charge in [-0.2, -0.15) is 10.2 Å². The van der Waals surface area contributed by atoms with Crippen molar-refractivity contribution in [1.29, 1.82) is 0 Å². The lowest BCUT2D eigenvalue weighted by Gasteiger charge is -1.99. The van der Waals surface area contributed by atoms with Crippen molar-refractivity contribution in [2.45, 2.75) is 19.9 Å². The van der Waals surface area contributed by atoms with Crippen LogP contribution < -0.4 is 0 Å². The lowest BCUT2D eigenvalue weighted by atomic mass is 10.2. The molecule has 0 atom stereocenters. The number of benzene rings is 1. The molecule has 0 saturated carbocycles. The van der Waals surface area contributed by atoms with E-state index in [2.05, 4.69) is 15.0 Å². The molecule has 0 amide bonds. The Morgan fingerprint density at radius 3 is 2.33 bits per heavy atom. The van der Waals surface area contributed by atoms with Gasteiger partial charge in [-0.25, -0.2) is 4.79 Å². The molecule has 0 aliphatic heterocycles. The molecule has 0 aromatic heterocycles. The number of rotatable bonds is 3. The summed E-state index contributed by atoms with van der Waals surface area (Å²) in [6, 6.07) is 6.97. The van der Waals surface area contributed by atoms with E-state index in [-0.39, 0.29) is 12.0 Å². The minimum Gasteiger partial charge on any atom is -0.465 e. The quantitative estimate of drug-likeness (QED) is 0.564. The number of azo groups is 1. The van der Waals surface area contributed by atoms with Gasteiger partial charge in [0.2, 0.25) is 0 Å². The molecule has 1 aromatic carbocycles. The lowest BCUT2D eigenvalue weighted by molar-refractivity contribution is 0.0601. The van der Waals surface area contributed by atoms with Crippen molar-refractivity contribution in [2.75, 3.05) is 7.11 Å². The van der Waals surface area contributed by atoms with Gasteiger partial charge in [0.15, 0.2) is 0 Å². The van der Waals surface area contributed by atoms with Gasteiger partial charge in [0, 0.05) is 0 Å². The fraction of sp³-hybridized carbons (Fsp3) is 0.364. The predicted octanol–water partition coefficient (Wildman–Crippen LogP) is 2.97. The third kappa shape index (κ3) is 3.50. The van der Waals surface area contributed by atoms with Gasteiger partial charge in [-0.15, -0.1) is 0 Å². The van der Waals surface area contributed by atoms with Crippen LogP contribution in [0.2, 0.25) is 0 Å². The summed E-state index contributed by atoms with van der Waals surface area (Å²) in [4.78, 5) is 11.1. The molecule has 0 bridgehead atoms. The van der Waals surface area contributed by atoms with Crippen LogP contribution in [0.4, 0.5) is 5.69 Å². The average molecular weight is 206 g/mol. The summed E-state index contributed by atoms with van der Waals surface area (Å²) in [5.74, 6) is -0.345. The van der Waals surface area contributed by atoms with Crippen LogP contribution in [-0.2, 0) is 4.74 Å². The second-order valence-electron chi connectivity index (χ2n) is 3.35. The lowest BCUT2D eigenvalue weighted by Crippen LogP contribution is -1.99. The molecular weight excluding hydrogens is 192 g/mol. The van der Waals surface area contributed by atoms with E-state index in [1.54, 1.807) is 24.3 Å². The number of ether oxygens (including phenoxy) is 1. The standard InChI is InChI=1S/C11H14N2O2/c1-8(2)12-13-10-6-4-9(5-7-10)11(14)15-3/h4-8H,1-3H3. The van der Waals surface area contributed by atoms with E-state index in [9.17, 15) is 4.79 Å². The van der Waals surface area contributed by atoms with Crippen molar-refractivity contribution in [3.05, 3.63) is 29.8 Å². The predicted molar refractivity (Wildman–Crippen MR) is 57.4 cm³/mol. The van der Waals surface area contributed by atoms with Gasteiger partial charge in [-0.3, -0.25) is 0 Å². The number of nitrogens with zero attached hydrogens (tertiary/aromatic N) is 2. The molecule has 1 aromatic rings. The van der Waals surface area contributed by atoms with Crippen LogP contribution in [0.1, 0.15) is 24.2 Å². The molecule has 0 aliphatic carbocycles. The van der Waals surface area contributed by atoms with Crippen molar-refractivity contribution in [2.24, 2.45) is 10.2 Å². The third-order valence-electron chi connectivity index (χ3n) is 1.69. The molecule has 0 N–H and O–H groups in total. The third-order valence-corrected chi connectivity index (χ3v) is 1.69. The first kappa shape index (κ1) is 11.4. The van der Waals surface area contributed by atoms with E-state index in [1.165, 1.54) is 7.11 Å². The molecular formula is C11H14N2O2. The summed E-state index contributed by atoms with van der Waals surface area (Å²) in [7, 11) is 1.36. The van der Waals surface area contributed by atoms with Gasteiger partial charge in [0.05, 0.1) is 24.4 Å². The van der Waals surface area contributed by atoms with Gasteiger partial charge in [0.1, 0.15) is 0 Å². The molecule has 4 nitrogen and oxygen atoms in total. The zero-order valence-corrected chi connectivity index (χ0v) is 9.10. The number of methoxy groups -OCH3 is 1. The van der Waals surface area contributed by atoms with Gasteiger partial charge in [-0.1, -0.05) is 0 Å².